The van der Waals surface area contributed by atoms with Gasteiger partial charge in [0.25, 0.3) is 0 Å². The molecule has 0 radical (unpaired) electrons. The number of hydrogen-bond acceptors (Lipinski definition) is 9. The molecular formula is C25H36O11. The lowest BCUT2D eigenvalue weighted by Gasteiger charge is -2.03. The molecule has 202 valence electrons. The predicted octanol–water partition coefficient (Wildman–Crippen LogP) is 3.19. The van der Waals surface area contributed by atoms with Crippen LogP contribution in [0.5, 0.6) is 0 Å². The molecule has 0 heterocycles. The summed E-state index contributed by atoms with van der Waals surface area (Å²) in [4.78, 5) is 62.7. The number of carboxylic acid groups (broad SMARTS) is 2. The maximum Gasteiger partial charge on any atom is 0.333 e. The van der Waals surface area contributed by atoms with E-state index in [1.807, 2.05) is 6.92 Å². The van der Waals surface area contributed by atoms with Gasteiger partial charge < -0.3 is 24.4 Å². The summed E-state index contributed by atoms with van der Waals surface area (Å²) in [5.41, 5.74) is 0.313. The number of carboxylic acids is 2. The van der Waals surface area contributed by atoms with Crippen LogP contribution in [0.15, 0.2) is 49.1 Å². The normalized spacial score (nSPS) is 9.31. The smallest absolute Gasteiger partial charge is 0.333 e. The van der Waals surface area contributed by atoms with Crippen LogP contribution in [0.1, 0.15) is 52.4 Å². The first kappa shape index (κ1) is 36.5. The third-order valence-corrected chi connectivity index (χ3v) is 3.59. The number of unbranched alkanes of at least 4 members (excludes halogenated alkanes) is 1. The van der Waals surface area contributed by atoms with E-state index >= 15 is 0 Å². The summed E-state index contributed by atoms with van der Waals surface area (Å²) in [5, 5.41) is 16.6. The second kappa shape index (κ2) is 24.1. The van der Waals surface area contributed by atoms with Crippen LogP contribution < -0.4 is 0 Å². The highest BCUT2D eigenvalue weighted by Crippen LogP contribution is 2.03. The van der Waals surface area contributed by atoms with Gasteiger partial charge in [-0.05, 0) is 32.6 Å². The van der Waals surface area contributed by atoms with E-state index in [1.54, 1.807) is 0 Å². The van der Waals surface area contributed by atoms with Crippen LogP contribution in [0.3, 0.4) is 0 Å². The molecule has 0 saturated heterocycles. The lowest BCUT2D eigenvalue weighted by atomic mass is 10.2. The molecule has 0 atom stereocenters. The molecule has 0 bridgehead atoms. The maximum absolute atomic E-state index is 10.9. The molecule has 0 aromatic carbocycles. The molecule has 36 heavy (non-hydrogen) atoms. The number of ether oxygens (including phenoxy) is 3. The first-order valence-corrected chi connectivity index (χ1v) is 10.8. The molecule has 0 aliphatic rings. The second-order valence-electron chi connectivity index (χ2n) is 6.88. The van der Waals surface area contributed by atoms with Crippen molar-refractivity contribution in [3.8, 4) is 0 Å². The molecule has 0 aromatic heterocycles. The molecule has 11 heteroatoms. The minimum Gasteiger partial charge on any atom is -0.478 e. The van der Waals surface area contributed by atoms with Crippen molar-refractivity contribution >= 4 is 35.6 Å². The van der Waals surface area contributed by atoms with Crippen LogP contribution >= 0.6 is 0 Å². The van der Waals surface area contributed by atoms with Crippen molar-refractivity contribution in [2.75, 3.05) is 20.3 Å². The zero-order valence-corrected chi connectivity index (χ0v) is 21.1. The van der Waals surface area contributed by atoms with E-state index in [9.17, 15) is 28.8 Å². The van der Waals surface area contributed by atoms with Crippen LogP contribution in [0.25, 0.3) is 0 Å². The highest BCUT2D eigenvalue weighted by atomic mass is 16.5. The summed E-state index contributed by atoms with van der Waals surface area (Å²) in [7, 11) is 1.24. The van der Waals surface area contributed by atoms with Crippen molar-refractivity contribution in [3.63, 3.8) is 0 Å². The van der Waals surface area contributed by atoms with Crippen molar-refractivity contribution in [2.45, 2.75) is 52.4 Å². The fourth-order valence-electron chi connectivity index (χ4n) is 1.74. The second-order valence-corrected chi connectivity index (χ2v) is 6.88. The zero-order chi connectivity index (χ0) is 28.5. The van der Waals surface area contributed by atoms with Gasteiger partial charge in [-0.3, -0.25) is 9.59 Å². The van der Waals surface area contributed by atoms with Gasteiger partial charge >= 0.3 is 29.8 Å². The third kappa shape index (κ3) is 28.0. The van der Waals surface area contributed by atoms with E-state index in [2.05, 4.69) is 33.9 Å². The van der Waals surface area contributed by atoms with Gasteiger partial charge in [-0.15, -0.1) is 0 Å². The number of carbonyl (C=O) groups excluding carboxylic acids is 4. The lowest BCUT2D eigenvalue weighted by Crippen LogP contribution is -2.10. The monoisotopic (exact) mass is 512 g/mol. The molecular weight excluding hydrogens is 476 g/mol. The Kier molecular flexibility index (Phi) is 24.5. The summed E-state index contributed by atoms with van der Waals surface area (Å²) in [5.74, 6) is -3.79. The number of carbonyl (C=O) groups is 6. The first-order valence-electron chi connectivity index (χ1n) is 10.8. The number of allylic oxidation sites excluding steroid dienone is 1. The Morgan fingerprint density at radius 1 is 0.917 bits per heavy atom. The minimum atomic E-state index is -1.05. The van der Waals surface area contributed by atoms with Gasteiger partial charge in [0.1, 0.15) is 12.2 Å². The average Bonchev–Trinajstić information content (AvgIpc) is 2.81. The van der Waals surface area contributed by atoms with E-state index in [0.29, 0.717) is 13.0 Å². The van der Waals surface area contributed by atoms with E-state index in [-0.39, 0.29) is 48.8 Å². The molecule has 0 aromatic rings. The molecule has 0 spiro atoms. The van der Waals surface area contributed by atoms with Crippen molar-refractivity contribution in [3.05, 3.63) is 49.1 Å². The summed E-state index contributed by atoms with van der Waals surface area (Å²) in [6.07, 6.45) is 6.06. The van der Waals surface area contributed by atoms with Gasteiger partial charge in [0.05, 0.1) is 20.3 Å². The van der Waals surface area contributed by atoms with Crippen LogP contribution in [-0.2, 0) is 43.0 Å². The van der Waals surface area contributed by atoms with Gasteiger partial charge in [0.2, 0.25) is 0 Å². The Morgan fingerprint density at radius 2 is 1.50 bits per heavy atom. The molecule has 0 amide bonds. The summed E-state index contributed by atoms with van der Waals surface area (Å²) < 4.78 is 13.7. The molecule has 0 saturated carbocycles. The molecule has 0 unspecified atom stereocenters. The Balaban J connectivity index is -0.000000469. The van der Waals surface area contributed by atoms with Gasteiger partial charge in [-0.1, -0.05) is 39.2 Å². The van der Waals surface area contributed by atoms with E-state index in [1.165, 1.54) is 26.2 Å². The van der Waals surface area contributed by atoms with Crippen molar-refractivity contribution < 1.29 is 53.2 Å². The molecule has 0 fully saturated rings. The maximum atomic E-state index is 10.9. The van der Waals surface area contributed by atoms with Gasteiger partial charge in [-0.2, -0.15) is 0 Å². The Bertz CT molecular complexity index is 807. The van der Waals surface area contributed by atoms with Gasteiger partial charge in [0, 0.05) is 23.3 Å². The summed E-state index contributed by atoms with van der Waals surface area (Å²) in [6, 6.07) is 0. The number of ketones is 1. The zero-order valence-electron chi connectivity index (χ0n) is 21.1. The fourth-order valence-corrected chi connectivity index (χ4v) is 1.74. The largest absolute Gasteiger partial charge is 0.478 e. The predicted molar refractivity (Wildman–Crippen MR) is 131 cm³/mol. The van der Waals surface area contributed by atoms with E-state index < -0.39 is 23.9 Å². The fraction of sp³-hybridized carbons (Fsp3) is 0.440. The number of esters is 3. The SMILES string of the molecule is C=C(CC=CC(=O)O)C(=O)OC.C=C(CCCOC(=O)CC(C)=O)C(=O)O.C=CC(=O)OCCCC. The number of methoxy groups -OCH3 is 1. The summed E-state index contributed by atoms with van der Waals surface area (Å²) in [6.45, 7) is 14.0. The molecule has 0 aliphatic heterocycles. The minimum absolute atomic E-state index is 0.0811. The van der Waals surface area contributed by atoms with Gasteiger partial charge in [-0.25, -0.2) is 19.2 Å². The molecule has 0 aliphatic carbocycles. The molecule has 0 rings (SSSR count). The van der Waals surface area contributed by atoms with Crippen molar-refractivity contribution in [1.29, 1.82) is 0 Å². The van der Waals surface area contributed by atoms with E-state index in [4.69, 9.17) is 10.2 Å². The number of rotatable bonds is 15. The topological polar surface area (TPSA) is 171 Å². The lowest BCUT2D eigenvalue weighted by molar-refractivity contribution is -0.146. The van der Waals surface area contributed by atoms with Gasteiger partial charge in [0.15, 0.2) is 0 Å². The average molecular weight is 513 g/mol. The van der Waals surface area contributed by atoms with Crippen LogP contribution in [-0.4, -0.2) is 66.2 Å². The number of aliphatic carboxylic acids is 2. The van der Waals surface area contributed by atoms with Crippen molar-refractivity contribution in [2.24, 2.45) is 0 Å². The van der Waals surface area contributed by atoms with Crippen LogP contribution in [0.4, 0.5) is 0 Å². The molecule has 11 nitrogen and oxygen atoms in total. The standard InChI is InChI=1S/C10H14O5.C8H10O4.C7H12O2/c1-7(10(13)14)4-3-5-15-9(12)6-8(2)11;1-6(8(11)12-2)4-3-5-7(9)10;1-3-5-6-9-7(8)4-2/h1,3-6H2,2H3,(H,13,14);3,5H,1,4H2,2H3,(H,9,10);4H,2-3,5-6H2,1H3. The third-order valence-electron chi connectivity index (χ3n) is 3.59. The first-order chi connectivity index (χ1) is 16.8. The van der Waals surface area contributed by atoms with Crippen LogP contribution in [0.2, 0.25) is 0 Å². The summed E-state index contributed by atoms with van der Waals surface area (Å²) >= 11 is 0. The quantitative estimate of drug-likeness (QED) is 0.109. The number of Topliss-reactive ketones (excluding diaryl/α,β-unsaturated/α-hetero) is 1. The van der Waals surface area contributed by atoms with Crippen LogP contribution in [0, 0.1) is 0 Å². The van der Waals surface area contributed by atoms with E-state index in [0.717, 1.165) is 18.9 Å². The highest BCUT2D eigenvalue weighted by Gasteiger charge is 2.07. The highest BCUT2D eigenvalue weighted by molar-refractivity contribution is 5.94. The number of hydrogen-bond donors (Lipinski definition) is 2. The van der Waals surface area contributed by atoms with Crippen molar-refractivity contribution in [1.82, 2.24) is 0 Å². The Labute approximate surface area is 211 Å². The molecule has 2 N–H and O–H groups in total. The Morgan fingerprint density at radius 3 is 1.94 bits per heavy atom. The Hall–Kier alpha value is -4.02.